The molecule has 0 spiro atoms. The van der Waals surface area contributed by atoms with E-state index in [9.17, 15) is 0 Å². The number of thiol groups is 1. The van der Waals surface area contributed by atoms with Gasteiger partial charge >= 0.3 is 0 Å². The van der Waals surface area contributed by atoms with Crippen LogP contribution in [-0.2, 0) is 0 Å². The van der Waals surface area contributed by atoms with Gasteiger partial charge in [-0.25, -0.2) is 4.98 Å². The molecule has 0 aliphatic rings. The Morgan fingerprint density at radius 2 is 2.33 bits per heavy atom. The van der Waals surface area contributed by atoms with Crippen LogP contribution in [0.5, 0.6) is 0 Å². The van der Waals surface area contributed by atoms with E-state index in [-0.39, 0.29) is 0 Å². The minimum absolute atomic E-state index is 0.396. The van der Waals surface area contributed by atoms with Gasteiger partial charge in [0.05, 0.1) is 11.4 Å². The second kappa shape index (κ2) is 4.24. The highest BCUT2D eigenvalue weighted by Gasteiger charge is 1.96. The Morgan fingerprint density at radius 1 is 1.58 bits per heavy atom. The lowest BCUT2D eigenvalue weighted by molar-refractivity contribution is 1.29. The Morgan fingerprint density at radius 3 is 3.00 bits per heavy atom. The zero-order valence-corrected chi connectivity index (χ0v) is 7.86. The Balaban J connectivity index is 3.05. The lowest BCUT2D eigenvalue weighted by Crippen LogP contribution is -1.93. The molecule has 0 bridgehead atoms. The summed E-state index contributed by atoms with van der Waals surface area (Å²) in [5.74, 6) is 5.98. The maximum Gasteiger partial charge on any atom is 0.137 e. The van der Waals surface area contributed by atoms with Gasteiger partial charge in [-0.2, -0.15) is 12.6 Å². The number of nitrogens with zero attached hydrogens (tertiary/aromatic N) is 1. The molecule has 0 aliphatic heterocycles. The van der Waals surface area contributed by atoms with Crippen molar-refractivity contribution in [2.24, 2.45) is 0 Å². The fraction of sp³-hybridized carbons (Fsp3) is 0.125. The summed E-state index contributed by atoms with van der Waals surface area (Å²) >= 11 is 9.58. The Bertz CT molecular complexity index is 341. The molecule has 0 amide bonds. The molecule has 1 aromatic rings. The number of nitrogens with two attached hydrogens (primary N) is 1. The summed E-state index contributed by atoms with van der Waals surface area (Å²) in [4.78, 5) is 3.94. The second-order valence-electron chi connectivity index (χ2n) is 2.03. The van der Waals surface area contributed by atoms with E-state index in [2.05, 4.69) is 29.5 Å². The zero-order chi connectivity index (χ0) is 8.97. The van der Waals surface area contributed by atoms with E-state index in [1.54, 1.807) is 12.1 Å². The molecule has 0 aromatic carbocycles. The second-order valence-corrected chi connectivity index (χ2v) is 2.74. The summed E-state index contributed by atoms with van der Waals surface area (Å²) in [6.07, 6.45) is 0. The van der Waals surface area contributed by atoms with Gasteiger partial charge in [0, 0.05) is 0 Å². The number of hydrogen-bond donors (Lipinski definition) is 2. The lowest BCUT2D eigenvalue weighted by Gasteiger charge is -1.96. The number of pyridine rings is 1. The molecular formula is C8H7ClN2S. The first kappa shape index (κ1) is 9.24. The van der Waals surface area contributed by atoms with Gasteiger partial charge in [-0.1, -0.05) is 17.5 Å². The van der Waals surface area contributed by atoms with Gasteiger partial charge in [0.15, 0.2) is 0 Å². The molecule has 0 saturated heterocycles. The van der Waals surface area contributed by atoms with Gasteiger partial charge in [0.25, 0.3) is 0 Å². The molecule has 1 heterocycles. The topological polar surface area (TPSA) is 38.9 Å². The van der Waals surface area contributed by atoms with Crippen molar-refractivity contribution in [2.45, 2.75) is 0 Å². The molecule has 0 fully saturated rings. The third kappa shape index (κ3) is 2.33. The number of halogens is 1. The monoisotopic (exact) mass is 198 g/mol. The largest absolute Gasteiger partial charge is 0.396 e. The van der Waals surface area contributed by atoms with Gasteiger partial charge in [-0.15, -0.1) is 0 Å². The third-order valence-corrected chi connectivity index (χ3v) is 1.55. The minimum Gasteiger partial charge on any atom is -0.396 e. The van der Waals surface area contributed by atoms with Crippen LogP contribution in [0.15, 0.2) is 12.1 Å². The van der Waals surface area contributed by atoms with Crippen LogP contribution < -0.4 is 5.73 Å². The van der Waals surface area contributed by atoms with Crippen LogP contribution in [0.4, 0.5) is 5.69 Å². The molecule has 0 aliphatic carbocycles. The average Bonchev–Trinajstić information content (AvgIpc) is 2.07. The van der Waals surface area contributed by atoms with E-state index >= 15 is 0 Å². The molecular weight excluding hydrogens is 192 g/mol. The Kier molecular flexibility index (Phi) is 3.27. The van der Waals surface area contributed by atoms with Gasteiger partial charge in [0.1, 0.15) is 10.8 Å². The van der Waals surface area contributed by atoms with Crippen molar-refractivity contribution in [3.05, 3.63) is 23.0 Å². The molecule has 2 nitrogen and oxygen atoms in total. The first-order chi connectivity index (χ1) is 5.74. The van der Waals surface area contributed by atoms with Crippen molar-refractivity contribution in [3.8, 4) is 11.8 Å². The fourth-order valence-corrected chi connectivity index (χ4v) is 0.896. The molecule has 0 atom stereocenters. The molecule has 1 rings (SSSR count). The first-order valence-corrected chi connectivity index (χ1v) is 4.27. The molecule has 0 unspecified atom stereocenters. The van der Waals surface area contributed by atoms with Crippen LogP contribution >= 0.6 is 24.2 Å². The summed E-state index contributed by atoms with van der Waals surface area (Å²) in [6, 6.07) is 3.31. The summed E-state index contributed by atoms with van der Waals surface area (Å²) < 4.78 is 0. The van der Waals surface area contributed by atoms with Gasteiger partial charge in [0.2, 0.25) is 0 Å². The lowest BCUT2D eigenvalue weighted by atomic mass is 10.3. The van der Waals surface area contributed by atoms with Crippen molar-refractivity contribution in [2.75, 3.05) is 11.5 Å². The van der Waals surface area contributed by atoms with Crippen molar-refractivity contribution < 1.29 is 0 Å². The maximum atomic E-state index is 5.64. The predicted molar refractivity (Wildman–Crippen MR) is 54.4 cm³/mol. The molecule has 2 N–H and O–H groups in total. The van der Waals surface area contributed by atoms with Crippen LogP contribution in [-0.4, -0.2) is 10.7 Å². The predicted octanol–water partition coefficient (Wildman–Crippen LogP) is 1.60. The Hall–Kier alpha value is -0.850. The van der Waals surface area contributed by atoms with Crippen LogP contribution in [0, 0.1) is 11.8 Å². The minimum atomic E-state index is 0.396. The van der Waals surface area contributed by atoms with Gasteiger partial charge in [-0.3, -0.25) is 0 Å². The number of rotatable bonds is 0. The molecule has 1 aromatic heterocycles. The number of hydrogen-bond acceptors (Lipinski definition) is 3. The molecule has 62 valence electrons. The molecule has 12 heavy (non-hydrogen) atoms. The van der Waals surface area contributed by atoms with E-state index in [0.29, 0.717) is 22.3 Å². The van der Waals surface area contributed by atoms with Crippen molar-refractivity contribution >= 4 is 29.9 Å². The first-order valence-electron chi connectivity index (χ1n) is 3.26. The standard InChI is InChI=1S/C8H7ClN2S/c9-8-4-3-6(10)7(11-8)2-1-5-12/h3-4,12H,5,10H2. The van der Waals surface area contributed by atoms with Crippen LogP contribution in [0.2, 0.25) is 5.15 Å². The van der Waals surface area contributed by atoms with E-state index in [1.165, 1.54) is 0 Å². The van der Waals surface area contributed by atoms with Gasteiger partial charge < -0.3 is 5.73 Å². The highest BCUT2D eigenvalue weighted by molar-refractivity contribution is 7.80. The number of nitrogen functional groups attached to an aromatic ring is 1. The molecule has 0 radical (unpaired) electrons. The summed E-state index contributed by atoms with van der Waals surface area (Å²) in [6.45, 7) is 0. The quantitative estimate of drug-likeness (QED) is 0.378. The zero-order valence-electron chi connectivity index (χ0n) is 6.21. The maximum absolute atomic E-state index is 5.64. The number of aromatic nitrogens is 1. The third-order valence-electron chi connectivity index (χ3n) is 1.18. The van der Waals surface area contributed by atoms with Crippen molar-refractivity contribution in [1.82, 2.24) is 4.98 Å². The van der Waals surface area contributed by atoms with E-state index < -0.39 is 0 Å². The van der Waals surface area contributed by atoms with Crippen LogP contribution in [0.3, 0.4) is 0 Å². The highest BCUT2D eigenvalue weighted by Crippen LogP contribution is 2.11. The SMILES string of the molecule is Nc1ccc(Cl)nc1C#CCS. The van der Waals surface area contributed by atoms with E-state index in [4.69, 9.17) is 17.3 Å². The summed E-state index contributed by atoms with van der Waals surface area (Å²) in [7, 11) is 0. The van der Waals surface area contributed by atoms with Crippen molar-refractivity contribution in [1.29, 1.82) is 0 Å². The van der Waals surface area contributed by atoms with E-state index in [1.807, 2.05) is 0 Å². The van der Waals surface area contributed by atoms with E-state index in [0.717, 1.165) is 0 Å². The number of anilines is 1. The fourth-order valence-electron chi connectivity index (χ4n) is 0.669. The molecule has 0 saturated carbocycles. The van der Waals surface area contributed by atoms with Crippen LogP contribution in [0.1, 0.15) is 5.69 Å². The smallest absolute Gasteiger partial charge is 0.137 e. The normalized spacial score (nSPS) is 8.83. The highest BCUT2D eigenvalue weighted by atomic mass is 35.5. The van der Waals surface area contributed by atoms with Crippen LogP contribution in [0.25, 0.3) is 0 Å². The Labute approximate surface area is 81.5 Å². The summed E-state index contributed by atoms with van der Waals surface area (Å²) in [5.41, 5.74) is 6.63. The summed E-state index contributed by atoms with van der Waals surface area (Å²) in [5, 5.41) is 0.396. The molecule has 4 heteroatoms. The average molecular weight is 199 g/mol. The van der Waals surface area contributed by atoms with Crippen molar-refractivity contribution in [3.63, 3.8) is 0 Å². The van der Waals surface area contributed by atoms with Gasteiger partial charge in [-0.05, 0) is 18.1 Å².